The molecule has 2 N–H and O–H groups in total. The van der Waals surface area contributed by atoms with Crippen LogP contribution in [0.2, 0.25) is 0 Å². The maximum atomic E-state index is 12.1. The quantitative estimate of drug-likeness (QED) is 0.679. The molecule has 0 heterocycles. The third kappa shape index (κ3) is 9.56. The Morgan fingerprint density at radius 3 is 2.23 bits per heavy atom. The van der Waals surface area contributed by atoms with Crippen LogP contribution in [0, 0.1) is 5.92 Å². The number of aliphatic carboxylic acids is 1. The van der Waals surface area contributed by atoms with Crippen molar-refractivity contribution in [3.8, 4) is 0 Å². The Bertz CT molecular complexity index is 481. The van der Waals surface area contributed by atoms with Gasteiger partial charge >= 0.3 is 12.1 Å². The second kappa shape index (κ2) is 8.33. The van der Waals surface area contributed by atoms with Gasteiger partial charge in [0.1, 0.15) is 12.1 Å². The summed E-state index contributed by atoms with van der Waals surface area (Å²) in [6.45, 7) is 8.05. The number of carbonyl (C=O) groups is 2. The molecule has 0 aliphatic rings. The normalized spacial score (nSPS) is 12.5. The monoisotopic (exact) mass is 338 g/mol. The van der Waals surface area contributed by atoms with E-state index >= 15 is 0 Å². The Morgan fingerprint density at radius 2 is 1.82 bits per heavy atom. The summed E-state index contributed by atoms with van der Waals surface area (Å²) in [6, 6.07) is 0. The van der Waals surface area contributed by atoms with E-state index in [0.29, 0.717) is 0 Å². The van der Waals surface area contributed by atoms with Crippen LogP contribution >= 0.6 is 0 Å². The number of sulfonamides is 1. The molecule has 0 aromatic heterocycles. The van der Waals surface area contributed by atoms with Crippen LogP contribution in [0.15, 0.2) is 0 Å². The number of amides is 1. The zero-order chi connectivity index (χ0) is 17.6. The molecule has 130 valence electrons. The smallest absolute Gasteiger partial charge is 0.407 e. The fraction of sp³-hybridized carbons (Fsp3) is 0.846. The highest BCUT2D eigenvalue weighted by Crippen LogP contribution is 2.08. The third-order valence-corrected chi connectivity index (χ3v) is 4.09. The Balaban J connectivity index is 4.58. The summed E-state index contributed by atoms with van der Waals surface area (Å²) in [5.74, 6) is -1.61. The van der Waals surface area contributed by atoms with Gasteiger partial charge in [-0.1, -0.05) is 13.8 Å². The Morgan fingerprint density at radius 1 is 1.27 bits per heavy atom. The number of hydrogen-bond donors (Lipinski definition) is 2. The van der Waals surface area contributed by atoms with E-state index in [9.17, 15) is 18.0 Å². The van der Waals surface area contributed by atoms with E-state index in [-0.39, 0.29) is 24.8 Å². The van der Waals surface area contributed by atoms with Crippen LogP contribution < -0.4 is 5.32 Å². The summed E-state index contributed by atoms with van der Waals surface area (Å²) < 4.78 is 30.2. The molecule has 0 radical (unpaired) electrons. The lowest BCUT2D eigenvalue weighted by molar-refractivity contribution is -0.137. The molecule has 0 saturated heterocycles. The van der Waals surface area contributed by atoms with Crippen LogP contribution in [0.25, 0.3) is 0 Å². The first-order chi connectivity index (χ1) is 9.83. The second-order valence-electron chi connectivity index (χ2n) is 6.32. The molecule has 0 aromatic rings. The number of carboxylic acids is 1. The summed E-state index contributed by atoms with van der Waals surface area (Å²) in [4.78, 5) is 22.2. The highest BCUT2D eigenvalue weighted by Gasteiger charge is 2.25. The first-order valence-electron chi connectivity index (χ1n) is 7.00. The van der Waals surface area contributed by atoms with Gasteiger partial charge in [-0.25, -0.2) is 13.2 Å². The molecular formula is C13H26N2O6S. The number of nitrogens with zero attached hydrogens (tertiary/aromatic N) is 1. The molecule has 0 aromatic carbocycles. The van der Waals surface area contributed by atoms with E-state index in [1.807, 2.05) is 0 Å². The highest BCUT2D eigenvalue weighted by atomic mass is 32.2. The molecule has 0 saturated carbocycles. The van der Waals surface area contributed by atoms with Crippen molar-refractivity contribution in [3.63, 3.8) is 0 Å². The molecule has 0 aliphatic carbocycles. The van der Waals surface area contributed by atoms with Crippen LogP contribution in [0.1, 0.15) is 34.6 Å². The fourth-order valence-electron chi connectivity index (χ4n) is 1.56. The summed E-state index contributed by atoms with van der Waals surface area (Å²) in [5.41, 5.74) is -0.671. The van der Waals surface area contributed by atoms with E-state index in [2.05, 4.69) is 5.32 Å². The number of carboxylic acid groups (broad SMARTS) is 1. The van der Waals surface area contributed by atoms with Gasteiger partial charge in [0.25, 0.3) is 0 Å². The Hall–Kier alpha value is -1.35. The van der Waals surface area contributed by atoms with E-state index in [4.69, 9.17) is 9.84 Å². The molecule has 0 aliphatic heterocycles. The van der Waals surface area contributed by atoms with Crippen molar-refractivity contribution >= 4 is 22.1 Å². The number of ether oxygens (including phenoxy) is 1. The minimum absolute atomic E-state index is 0.00654. The SMILES string of the molecule is CC(C)CN(CC(=O)O)S(=O)(=O)CCNC(=O)OC(C)(C)C. The van der Waals surface area contributed by atoms with Crippen LogP contribution in [0.4, 0.5) is 4.79 Å². The summed E-state index contributed by atoms with van der Waals surface area (Å²) in [6.07, 6.45) is -0.712. The number of rotatable bonds is 8. The molecule has 0 atom stereocenters. The topological polar surface area (TPSA) is 113 Å². The van der Waals surface area contributed by atoms with Gasteiger partial charge in [0, 0.05) is 13.1 Å². The molecule has 0 bridgehead atoms. The highest BCUT2D eigenvalue weighted by molar-refractivity contribution is 7.89. The van der Waals surface area contributed by atoms with E-state index in [1.54, 1.807) is 34.6 Å². The first kappa shape index (κ1) is 20.6. The standard InChI is InChI=1S/C13H26N2O6S/c1-10(2)8-15(9-11(16)17)22(19,20)7-6-14-12(18)21-13(3,4)5/h10H,6-9H2,1-5H3,(H,14,18)(H,16,17). The van der Waals surface area contributed by atoms with Gasteiger partial charge in [0.05, 0.1) is 5.75 Å². The van der Waals surface area contributed by atoms with Gasteiger partial charge in [0.2, 0.25) is 10.0 Å². The van der Waals surface area contributed by atoms with Crippen LogP contribution in [-0.4, -0.2) is 60.9 Å². The van der Waals surface area contributed by atoms with Gasteiger partial charge in [0.15, 0.2) is 0 Å². The zero-order valence-corrected chi connectivity index (χ0v) is 14.6. The Labute approximate surface area is 131 Å². The number of hydrogen-bond acceptors (Lipinski definition) is 5. The van der Waals surface area contributed by atoms with E-state index < -0.39 is 34.2 Å². The molecule has 0 fully saturated rings. The lowest BCUT2D eigenvalue weighted by atomic mass is 10.2. The molecule has 0 rings (SSSR count). The Kier molecular flexibility index (Phi) is 7.82. The maximum absolute atomic E-state index is 12.1. The summed E-state index contributed by atoms with van der Waals surface area (Å²) >= 11 is 0. The van der Waals surface area contributed by atoms with E-state index in [0.717, 1.165) is 4.31 Å². The van der Waals surface area contributed by atoms with Crippen molar-refractivity contribution in [1.29, 1.82) is 0 Å². The number of carbonyl (C=O) groups excluding carboxylic acids is 1. The molecule has 1 amide bonds. The molecule has 9 heteroatoms. The van der Waals surface area contributed by atoms with Crippen molar-refractivity contribution in [2.24, 2.45) is 5.92 Å². The largest absolute Gasteiger partial charge is 0.480 e. The average Bonchev–Trinajstić information content (AvgIpc) is 2.23. The van der Waals surface area contributed by atoms with Gasteiger partial charge in [-0.3, -0.25) is 4.79 Å². The molecule has 0 spiro atoms. The number of nitrogens with one attached hydrogen (secondary N) is 1. The van der Waals surface area contributed by atoms with Crippen LogP contribution in [0.5, 0.6) is 0 Å². The summed E-state index contributed by atoms with van der Waals surface area (Å²) in [5, 5.41) is 11.1. The zero-order valence-electron chi connectivity index (χ0n) is 13.7. The number of alkyl carbamates (subject to hydrolysis) is 1. The maximum Gasteiger partial charge on any atom is 0.407 e. The van der Waals surface area contributed by atoms with Gasteiger partial charge in [-0.15, -0.1) is 0 Å². The van der Waals surface area contributed by atoms with Gasteiger partial charge in [-0.2, -0.15) is 4.31 Å². The van der Waals surface area contributed by atoms with Crippen molar-refractivity contribution in [1.82, 2.24) is 9.62 Å². The molecular weight excluding hydrogens is 312 g/mol. The minimum Gasteiger partial charge on any atom is -0.480 e. The predicted molar refractivity (Wildman–Crippen MR) is 82.1 cm³/mol. The van der Waals surface area contributed by atoms with E-state index in [1.165, 1.54) is 0 Å². The molecule has 22 heavy (non-hydrogen) atoms. The lowest BCUT2D eigenvalue weighted by Gasteiger charge is -2.23. The predicted octanol–water partition coefficient (Wildman–Crippen LogP) is 0.883. The third-order valence-electron chi connectivity index (χ3n) is 2.30. The van der Waals surface area contributed by atoms with Crippen molar-refractivity contribution in [2.45, 2.75) is 40.2 Å². The van der Waals surface area contributed by atoms with Gasteiger partial charge in [-0.05, 0) is 26.7 Å². The van der Waals surface area contributed by atoms with Gasteiger partial charge < -0.3 is 15.2 Å². The molecule has 0 unspecified atom stereocenters. The van der Waals surface area contributed by atoms with Crippen LogP contribution in [-0.2, 0) is 19.6 Å². The lowest BCUT2D eigenvalue weighted by Crippen LogP contribution is -2.42. The fourth-order valence-corrected chi connectivity index (χ4v) is 3.01. The average molecular weight is 338 g/mol. The van der Waals surface area contributed by atoms with Crippen molar-refractivity contribution in [2.75, 3.05) is 25.4 Å². The minimum atomic E-state index is -3.77. The summed E-state index contributed by atoms with van der Waals surface area (Å²) in [7, 11) is -3.77. The van der Waals surface area contributed by atoms with Crippen molar-refractivity contribution in [3.05, 3.63) is 0 Å². The second-order valence-corrected chi connectivity index (χ2v) is 8.41. The first-order valence-corrected chi connectivity index (χ1v) is 8.61. The van der Waals surface area contributed by atoms with Crippen LogP contribution in [0.3, 0.4) is 0 Å². The van der Waals surface area contributed by atoms with Crippen molar-refractivity contribution < 1.29 is 27.9 Å². The molecule has 8 nitrogen and oxygen atoms in total.